The van der Waals surface area contributed by atoms with Gasteiger partial charge in [-0.15, -0.1) is 5.11 Å². The number of fused-ring (bicyclic) bond motifs is 1. The summed E-state index contributed by atoms with van der Waals surface area (Å²) in [7, 11) is -4.26. The van der Waals surface area contributed by atoms with Gasteiger partial charge < -0.3 is 5.73 Å². The second-order valence-corrected chi connectivity index (χ2v) is 6.35. The second-order valence-electron chi connectivity index (χ2n) is 4.93. The number of benzene rings is 3. The van der Waals surface area contributed by atoms with Crippen LogP contribution in [-0.4, -0.2) is 13.0 Å². The number of nitrogen functional groups attached to an aromatic ring is 1. The molecule has 0 aliphatic rings. The number of azo groups is 1. The fraction of sp³-hybridized carbons (Fsp3) is 0. The van der Waals surface area contributed by atoms with Gasteiger partial charge in [-0.1, -0.05) is 24.3 Å². The molecule has 116 valence electrons. The van der Waals surface area contributed by atoms with E-state index >= 15 is 0 Å². The molecule has 0 unspecified atom stereocenters. The van der Waals surface area contributed by atoms with Crippen LogP contribution in [0.15, 0.2) is 75.8 Å². The molecule has 3 aromatic carbocycles. The second kappa shape index (κ2) is 5.79. The first kappa shape index (κ1) is 15.1. The highest BCUT2D eigenvalue weighted by Gasteiger charge is 2.09. The molecule has 0 radical (unpaired) electrons. The smallest absolute Gasteiger partial charge is 0.294 e. The minimum absolute atomic E-state index is 0.223. The van der Waals surface area contributed by atoms with Crippen LogP contribution < -0.4 is 5.73 Å². The first-order valence-electron chi connectivity index (χ1n) is 6.71. The summed E-state index contributed by atoms with van der Waals surface area (Å²) < 4.78 is 31.3. The summed E-state index contributed by atoms with van der Waals surface area (Å²) in [4.78, 5) is -0.223. The molecule has 6 nitrogen and oxygen atoms in total. The van der Waals surface area contributed by atoms with Crippen LogP contribution >= 0.6 is 0 Å². The maximum Gasteiger partial charge on any atom is 0.294 e. The highest BCUT2D eigenvalue weighted by Crippen LogP contribution is 2.29. The minimum atomic E-state index is -4.26. The van der Waals surface area contributed by atoms with Crippen LogP contribution in [0.1, 0.15) is 0 Å². The van der Waals surface area contributed by atoms with E-state index in [1.165, 1.54) is 18.2 Å². The van der Waals surface area contributed by atoms with E-state index in [0.29, 0.717) is 17.1 Å². The van der Waals surface area contributed by atoms with Crippen LogP contribution in [0.25, 0.3) is 10.8 Å². The van der Waals surface area contributed by atoms with E-state index in [9.17, 15) is 8.42 Å². The third kappa shape index (κ3) is 3.36. The van der Waals surface area contributed by atoms with Crippen molar-refractivity contribution in [2.75, 3.05) is 5.73 Å². The average Bonchev–Trinajstić information content (AvgIpc) is 2.52. The third-order valence-corrected chi connectivity index (χ3v) is 4.12. The Kier molecular flexibility index (Phi) is 3.81. The normalized spacial score (nSPS) is 12.0. The zero-order valence-corrected chi connectivity index (χ0v) is 12.7. The van der Waals surface area contributed by atoms with E-state index in [2.05, 4.69) is 10.2 Å². The summed E-state index contributed by atoms with van der Waals surface area (Å²) in [5.74, 6) is 0. The van der Waals surface area contributed by atoms with E-state index in [0.717, 1.165) is 10.8 Å². The van der Waals surface area contributed by atoms with Gasteiger partial charge in [0.25, 0.3) is 10.1 Å². The van der Waals surface area contributed by atoms with E-state index in [1.54, 1.807) is 18.2 Å². The number of hydrogen-bond donors (Lipinski definition) is 2. The van der Waals surface area contributed by atoms with E-state index in [1.807, 2.05) is 24.3 Å². The minimum Gasteiger partial charge on any atom is -0.399 e. The van der Waals surface area contributed by atoms with Crippen molar-refractivity contribution in [2.45, 2.75) is 4.90 Å². The van der Waals surface area contributed by atoms with Gasteiger partial charge in [-0.2, -0.15) is 13.5 Å². The van der Waals surface area contributed by atoms with Crippen LogP contribution in [0.4, 0.5) is 17.1 Å². The highest BCUT2D eigenvalue weighted by molar-refractivity contribution is 7.85. The third-order valence-electron chi connectivity index (χ3n) is 3.27. The van der Waals surface area contributed by atoms with Crippen molar-refractivity contribution in [3.05, 3.63) is 60.7 Å². The molecule has 3 aromatic rings. The zero-order chi connectivity index (χ0) is 16.4. The van der Waals surface area contributed by atoms with Gasteiger partial charge >= 0.3 is 0 Å². The number of rotatable bonds is 3. The van der Waals surface area contributed by atoms with Gasteiger partial charge in [-0.25, -0.2) is 0 Å². The van der Waals surface area contributed by atoms with Crippen LogP contribution in [0.3, 0.4) is 0 Å². The number of anilines is 1. The van der Waals surface area contributed by atoms with Gasteiger partial charge in [-0.3, -0.25) is 4.55 Å². The quantitative estimate of drug-likeness (QED) is 0.429. The Morgan fingerprint density at radius 2 is 1.70 bits per heavy atom. The molecule has 0 aliphatic heterocycles. The van der Waals surface area contributed by atoms with Crippen LogP contribution in [0.2, 0.25) is 0 Å². The van der Waals surface area contributed by atoms with Crippen molar-refractivity contribution in [1.29, 1.82) is 0 Å². The number of nitrogens with two attached hydrogens (primary N) is 1. The summed E-state index contributed by atoms with van der Waals surface area (Å²) in [6.45, 7) is 0. The molecule has 0 aromatic heterocycles. The Morgan fingerprint density at radius 3 is 2.48 bits per heavy atom. The van der Waals surface area contributed by atoms with E-state index in [4.69, 9.17) is 10.3 Å². The summed E-state index contributed by atoms with van der Waals surface area (Å²) in [6, 6.07) is 16.7. The standard InChI is InChI=1S/C16H13N3O3S/c17-12-7-8-15-11(9-12)3-1-6-16(15)19-18-13-4-2-5-14(10-13)23(20,21)22/h1-10H,17H2,(H,20,21,22). The van der Waals surface area contributed by atoms with Crippen molar-refractivity contribution in [1.82, 2.24) is 0 Å². The van der Waals surface area contributed by atoms with Crippen molar-refractivity contribution in [3.63, 3.8) is 0 Å². The monoisotopic (exact) mass is 327 g/mol. The fourth-order valence-electron chi connectivity index (χ4n) is 2.19. The maximum absolute atomic E-state index is 11.1. The molecule has 0 bridgehead atoms. The van der Waals surface area contributed by atoms with Crippen LogP contribution in [-0.2, 0) is 10.1 Å². The predicted molar refractivity (Wildman–Crippen MR) is 88.8 cm³/mol. The molecule has 0 fully saturated rings. The Morgan fingerprint density at radius 1 is 0.913 bits per heavy atom. The van der Waals surface area contributed by atoms with Gasteiger partial charge in [0.2, 0.25) is 0 Å². The zero-order valence-electron chi connectivity index (χ0n) is 11.9. The van der Waals surface area contributed by atoms with Crippen molar-refractivity contribution >= 4 is 38.0 Å². The Hall–Kier alpha value is -2.77. The summed E-state index contributed by atoms with van der Waals surface area (Å²) in [5.41, 5.74) is 7.39. The highest BCUT2D eigenvalue weighted by atomic mass is 32.2. The number of hydrogen-bond acceptors (Lipinski definition) is 5. The van der Waals surface area contributed by atoms with Gasteiger partial charge in [0.1, 0.15) is 0 Å². The van der Waals surface area contributed by atoms with Gasteiger partial charge in [0, 0.05) is 11.1 Å². The number of nitrogens with zero attached hydrogens (tertiary/aromatic N) is 2. The van der Waals surface area contributed by atoms with Crippen LogP contribution in [0, 0.1) is 0 Å². The molecule has 0 saturated carbocycles. The largest absolute Gasteiger partial charge is 0.399 e. The molecule has 0 heterocycles. The Labute approximate surface area is 133 Å². The van der Waals surface area contributed by atoms with E-state index < -0.39 is 10.1 Å². The predicted octanol–water partition coefficient (Wildman–Crippen LogP) is 4.08. The Balaban J connectivity index is 2.01. The molecular weight excluding hydrogens is 314 g/mol. The molecule has 0 aliphatic carbocycles. The van der Waals surface area contributed by atoms with Crippen molar-refractivity contribution in [2.24, 2.45) is 10.2 Å². The average molecular weight is 327 g/mol. The van der Waals surface area contributed by atoms with Gasteiger partial charge in [0.15, 0.2) is 0 Å². The first-order chi connectivity index (χ1) is 10.9. The molecular formula is C16H13N3O3S. The molecule has 23 heavy (non-hydrogen) atoms. The Bertz CT molecular complexity index is 1010. The lowest BCUT2D eigenvalue weighted by molar-refractivity contribution is 0.483. The lowest BCUT2D eigenvalue weighted by Crippen LogP contribution is -1.96. The van der Waals surface area contributed by atoms with E-state index in [-0.39, 0.29) is 4.90 Å². The summed E-state index contributed by atoms with van der Waals surface area (Å²) >= 11 is 0. The molecule has 7 heteroatoms. The SMILES string of the molecule is Nc1ccc2c(N=Nc3cccc(S(=O)(=O)O)c3)cccc2c1. The topological polar surface area (TPSA) is 105 Å². The maximum atomic E-state index is 11.1. The van der Waals surface area contributed by atoms with Crippen LogP contribution in [0.5, 0.6) is 0 Å². The van der Waals surface area contributed by atoms with Gasteiger partial charge in [0.05, 0.1) is 16.3 Å². The van der Waals surface area contributed by atoms with Crippen molar-refractivity contribution in [3.8, 4) is 0 Å². The lowest BCUT2D eigenvalue weighted by atomic mass is 10.1. The summed E-state index contributed by atoms with van der Waals surface area (Å²) in [5, 5.41) is 10.0. The lowest BCUT2D eigenvalue weighted by Gasteiger charge is -2.02. The van der Waals surface area contributed by atoms with Gasteiger partial charge in [-0.05, 0) is 41.8 Å². The summed E-state index contributed by atoms with van der Waals surface area (Å²) in [6.07, 6.45) is 0. The molecule has 0 spiro atoms. The fourth-order valence-corrected chi connectivity index (χ4v) is 2.71. The van der Waals surface area contributed by atoms with Crippen molar-refractivity contribution < 1.29 is 13.0 Å². The first-order valence-corrected chi connectivity index (χ1v) is 8.15. The molecule has 0 saturated heterocycles. The molecule has 3 rings (SSSR count). The molecule has 0 atom stereocenters. The molecule has 0 amide bonds. The molecule has 3 N–H and O–H groups in total.